The van der Waals surface area contributed by atoms with Gasteiger partial charge in [0.2, 0.25) is 0 Å². The van der Waals surface area contributed by atoms with Gasteiger partial charge in [0, 0.05) is 17.6 Å². The number of benzene rings is 2. The fourth-order valence-corrected chi connectivity index (χ4v) is 3.56. The van der Waals surface area contributed by atoms with E-state index >= 15 is 0 Å². The summed E-state index contributed by atoms with van der Waals surface area (Å²) in [6, 6.07) is 16.1. The molecule has 3 rings (SSSR count). The van der Waals surface area contributed by atoms with Gasteiger partial charge in [-0.25, -0.2) is 4.79 Å². The number of amides is 1. The van der Waals surface area contributed by atoms with Gasteiger partial charge < -0.3 is 9.64 Å². The van der Waals surface area contributed by atoms with Crippen molar-refractivity contribution in [3.05, 3.63) is 69.7 Å². The predicted octanol–water partition coefficient (Wildman–Crippen LogP) is 5.27. The maximum Gasteiger partial charge on any atom is 0.410 e. The number of nitrogens with zero attached hydrogens (tertiary/aromatic N) is 1. The van der Waals surface area contributed by atoms with Crippen LogP contribution in [-0.2, 0) is 23.3 Å². The molecule has 0 unspecified atom stereocenters. The fourth-order valence-electron chi connectivity index (χ4n) is 3.15. The van der Waals surface area contributed by atoms with E-state index in [9.17, 15) is 4.79 Å². The zero-order valence-corrected chi connectivity index (χ0v) is 15.7. The van der Waals surface area contributed by atoms with Crippen LogP contribution in [0.25, 0.3) is 0 Å². The van der Waals surface area contributed by atoms with Gasteiger partial charge in [0.25, 0.3) is 0 Å². The first-order chi connectivity index (χ1) is 11.5. The van der Waals surface area contributed by atoms with Gasteiger partial charge >= 0.3 is 6.09 Å². The second kappa shape index (κ2) is 6.98. The van der Waals surface area contributed by atoms with Crippen molar-refractivity contribution in [2.45, 2.75) is 38.8 Å². The van der Waals surface area contributed by atoms with Crippen molar-refractivity contribution in [2.24, 2.45) is 0 Å². The largest absolute Gasteiger partial charge is 0.445 e. The number of ether oxygens (including phenoxy) is 1. The Morgan fingerprint density at radius 2 is 1.96 bits per heavy atom. The van der Waals surface area contributed by atoms with E-state index in [-0.39, 0.29) is 11.5 Å². The van der Waals surface area contributed by atoms with Crippen LogP contribution in [0.2, 0.25) is 0 Å². The lowest BCUT2D eigenvalue weighted by Crippen LogP contribution is -2.32. The lowest BCUT2D eigenvalue weighted by atomic mass is 9.80. The molecule has 0 fully saturated rings. The van der Waals surface area contributed by atoms with E-state index in [1.165, 1.54) is 11.1 Å². The first kappa shape index (κ1) is 17.0. The molecule has 2 aromatic carbocycles. The normalized spacial score (nSPS) is 16.2. The summed E-state index contributed by atoms with van der Waals surface area (Å²) < 4.78 is 6.55. The minimum Gasteiger partial charge on any atom is -0.445 e. The van der Waals surface area contributed by atoms with E-state index in [4.69, 9.17) is 4.74 Å². The average molecular weight is 388 g/mol. The summed E-state index contributed by atoms with van der Waals surface area (Å²) in [6.45, 7) is 6.07. The van der Waals surface area contributed by atoms with E-state index in [1.807, 2.05) is 35.2 Å². The van der Waals surface area contributed by atoms with E-state index in [0.717, 1.165) is 16.5 Å². The third-order valence-electron chi connectivity index (χ3n) is 4.63. The standard InChI is InChI=1S/C20H22BrNO2/c1-20(2)10-11-22(13-16-12-17(21)8-9-18(16)20)19(23)24-14-15-6-4-3-5-7-15/h3-9,12H,10-11,13-14H2,1-2H3. The smallest absolute Gasteiger partial charge is 0.410 e. The summed E-state index contributed by atoms with van der Waals surface area (Å²) in [5, 5.41) is 0. The van der Waals surface area contributed by atoms with Crippen molar-refractivity contribution in [3.63, 3.8) is 0 Å². The number of hydrogen-bond donors (Lipinski definition) is 0. The molecule has 1 aliphatic rings. The highest BCUT2D eigenvalue weighted by Gasteiger charge is 2.30. The molecule has 1 amide bonds. The Morgan fingerprint density at radius 1 is 1.21 bits per heavy atom. The van der Waals surface area contributed by atoms with Crippen LogP contribution in [0.3, 0.4) is 0 Å². The summed E-state index contributed by atoms with van der Waals surface area (Å²) in [4.78, 5) is 14.3. The molecule has 0 atom stereocenters. The predicted molar refractivity (Wildman–Crippen MR) is 98.8 cm³/mol. The van der Waals surface area contributed by atoms with Crippen LogP contribution in [0.1, 0.15) is 37.0 Å². The zero-order valence-electron chi connectivity index (χ0n) is 14.1. The molecule has 0 spiro atoms. The van der Waals surface area contributed by atoms with Crippen molar-refractivity contribution >= 4 is 22.0 Å². The number of halogens is 1. The lowest BCUT2D eigenvalue weighted by Gasteiger charge is -2.25. The Labute approximate surface area is 151 Å². The Balaban J connectivity index is 1.74. The number of rotatable bonds is 2. The van der Waals surface area contributed by atoms with Crippen LogP contribution in [0.5, 0.6) is 0 Å². The summed E-state index contributed by atoms with van der Waals surface area (Å²) in [7, 11) is 0. The van der Waals surface area contributed by atoms with Gasteiger partial charge in [-0.2, -0.15) is 0 Å². The molecular formula is C20H22BrNO2. The molecule has 1 aliphatic heterocycles. The van der Waals surface area contributed by atoms with Crippen molar-refractivity contribution in [2.75, 3.05) is 6.54 Å². The SMILES string of the molecule is CC1(C)CCN(C(=O)OCc2ccccc2)Cc2cc(Br)ccc21. The average Bonchev–Trinajstić information content (AvgIpc) is 2.69. The first-order valence-corrected chi connectivity index (χ1v) is 8.99. The number of fused-ring (bicyclic) bond motifs is 1. The lowest BCUT2D eigenvalue weighted by molar-refractivity contribution is 0.0930. The number of carbonyl (C=O) groups excluding carboxylic acids is 1. The molecule has 1 heterocycles. The van der Waals surface area contributed by atoms with Crippen molar-refractivity contribution in [3.8, 4) is 0 Å². The van der Waals surface area contributed by atoms with E-state index in [2.05, 4.69) is 48.0 Å². The first-order valence-electron chi connectivity index (χ1n) is 8.20. The summed E-state index contributed by atoms with van der Waals surface area (Å²) in [6.07, 6.45) is 0.671. The molecule has 2 aromatic rings. The molecule has 24 heavy (non-hydrogen) atoms. The Morgan fingerprint density at radius 3 is 2.71 bits per heavy atom. The van der Waals surface area contributed by atoms with Crippen LogP contribution in [0.15, 0.2) is 53.0 Å². The topological polar surface area (TPSA) is 29.5 Å². The van der Waals surface area contributed by atoms with E-state index in [1.54, 1.807) is 0 Å². The van der Waals surface area contributed by atoms with E-state index in [0.29, 0.717) is 19.7 Å². The second-order valence-corrected chi connectivity index (χ2v) is 7.81. The Hall–Kier alpha value is -1.81. The van der Waals surface area contributed by atoms with Crippen LogP contribution in [0.4, 0.5) is 4.79 Å². The van der Waals surface area contributed by atoms with Gasteiger partial charge in [-0.3, -0.25) is 0 Å². The zero-order chi connectivity index (χ0) is 17.2. The fraction of sp³-hybridized carbons (Fsp3) is 0.350. The molecule has 3 nitrogen and oxygen atoms in total. The molecule has 0 saturated carbocycles. The molecule has 126 valence electrons. The molecular weight excluding hydrogens is 366 g/mol. The van der Waals surface area contributed by atoms with Gasteiger partial charge in [-0.15, -0.1) is 0 Å². The van der Waals surface area contributed by atoms with Crippen LogP contribution >= 0.6 is 15.9 Å². The molecule has 0 radical (unpaired) electrons. The maximum absolute atomic E-state index is 12.5. The van der Waals surface area contributed by atoms with Gasteiger partial charge in [-0.05, 0) is 40.7 Å². The van der Waals surface area contributed by atoms with Gasteiger partial charge in [0.1, 0.15) is 6.61 Å². The number of hydrogen-bond acceptors (Lipinski definition) is 2. The third-order valence-corrected chi connectivity index (χ3v) is 5.12. The van der Waals surface area contributed by atoms with Gasteiger partial charge in [0.15, 0.2) is 0 Å². The minimum absolute atomic E-state index is 0.0461. The molecule has 0 aliphatic carbocycles. The second-order valence-electron chi connectivity index (χ2n) is 6.90. The quantitative estimate of drug-likeness (QED) is 0.702. The number of carbonyl (C=O) groups is 1. The van der Waals surface area contributed by atoms with Crippen molar-refractivity contribution in [1.82, 2.24) is 4.90 Å². The van der Waals surface area contributed by atoms with Crippen LogP contribution in [-0.4, -0.2) is 17.5 Å². The molecule has 0 N–H and O–H groups in total. The highest BCUT2D eigenvalue weighted by Crippen LogP contribution is 2.35. The highest BCUT2D eigenvalue weighted by molar-refractivity contribution is 9.10. The highest BCUT2D eigenvalue weighted by atomic mass is 79.9. The Bertz CT molecular complexity index is 728. The van der Waals surface area contributed by atoms with E-state index < -0.39 is 0 Å². The molecule has 0 saturated heterocycles. The summed E-state index contributed by atoms with van der Waals surface area (Å²) >= 11 is 3.54. The minimum atomic E-state index is -0.248. The van der Waals surface area contributed by atoms with Crippen molar-refractivity contribution in [1.29, 1.82) is 0 Å². The van der Waals surface area contributed by atoms with Crippen LogP contribution < -0.4 is 0 Å². The van der Waals surface area contributed by atoms with Gasteiger partial charge in [0.05, 0.1) is 0 Å². The third kappa shape index (κ3) is 3.81. The molecule has 4 heteroatoms. The van der Waals surface area contributed by atoms with Gasteiger partial charge in [-0.1, -0.05) is 66.2 Å². The Kier molecular flexibility index (Phi) is 4.95. The monoisotopic (exact) mass is 387 g/mol. The van der Waals surface area contributed by atoms with Crippen molar-refractivity contribution < 1.29 is 9.53 Å². The maximum atomic E-state index is 12.5. The molecule has 0 bridgehead atoms. The summed E-state index contributed by atoms with van der Waals surface area (Å²) in [5.74, 6) is 0. The summed E-state index contributed by atoms with van der Waals surface area (Å²) in [5.41, 5.74) is 3.54. The van der Waals surface area contributed by atoms with Crippen LogP contribution in [0, 0.1) is 0 Å². The molecule has 0 aromatic heterocycles.